The van der Waals surface area contributed by atoms with E-state index in [1.54, 1.807) is 18.2 Å². The van der Waals surface area contributed by atoms with Crippen LogP contribution in [0.3, 0.4) is 0 Å². The summed E-state index contributed by atoms with van der Waals surface area (Å²) in [5.41, 5.74) is 1.94. The van der Waals surface area contributed by atoms with E-state index in [1.807, 2.05) is 36.4 Å². The standard InChI is InChI=1S/C14H9NO3/c16-14(17)13-15(10-6-2-1-3-7-10)11-8-4-5-9-12(11)18-13/h1-9H. The summed E-state index contributed by atoms with van der Waals surface area (Å²) in [6.45, 7) is 0. The minimum absolute atomic E-state index is 0.206. The van der Waals surface area contributed by atoms with Gasteiger partial charge in [-0.25, -0.2) is 0 Å². The number of hydrogen-bond donors (Lipinski definition) is 0. The Bertz CT molecular complexity index is 716. The molecule has 0 saturated carbocycles. The molecule has 0 bridgehead atoms. The van der Waals surface area contributed by atoms with Crippen LogP contribution in [-0.2, 0) is 0 Å². The van der Waals surface area contributed by atoms with Crippen LogP contribution in [-0.4, -0.2) is 5.97 Å². The number of carboxylic acids is 1. The highest BCUT2D eigenvalue weighted by molar-refractivity contribution is 5.82. The van der Waals surface area contributed by atoms with Gasteiger partial charge in [0.2, 0.25) is 11.3 Å². The lowest BCUT2D eigenvalue weighted by atomic mass is 10.3. The van der Waals surface area contributed by atoms with E-state index >= 15 is 0 Å². The molecule has 0 aliphatic rings. The van der Waals surface area contributed by atoms with Crippen molar-refractivity contribution in [3.8, 4) is 5.69 Å². The van der Waals surface area contributed by atoms with Crippen LogP contribution in [0.25, 0.3) is 16.8 Å². The molecule has 1 heterocycles. The van der Waals surface area contributed by atoms with Gasteiger partial charge in [0, 0.05) is 18.2 Å². The van der Waals surface area contributed by atoms with E-state index < -0.39 is 5.97 Å². The summed E-state index contributed by atoms with van der Waals surface area (Å²) in [5.74, 6) is -1.54. The minimum Gasteiger partial charge on any atom is -0.537 e. The van der Waals surface area contributed by atoms with E-state index in [2.05, 4.69) is 0 Å². The van der Waals surface area contributed by atoms with Crippen LogP contribution in [0.2, 0.25) is 0 Å². The second kappa shape index (κ2) is 4.00. The van der Waals surface area contributed by atoms with Crippen LogP contribution in [0, 0.1) is 0 Å². The molecule has 0 aliphatic carbocycles. The minimum atomic E-state index is -1.34. The van der Waals surface area contributed by atoms with Crippen LogP contribution in [0.15, 0.2) is 59.0 Å². The van der Waals surface area contributed by atoms with Crippen LogP contribution in [0.1, 0.15) is 10.7 Å². The van der Waals surface area contributed by atoms with Crippen LogP contribution in [0.4, 0.5) is 0 Å². The topological polar surface area (TPSA) is 57.1 Å². The van der Waals surface area contributed by atoms with E-state index in [9.17, 15) is 9.90 Å². The van der Waals surface area contributed by atoms with Crippen molar-refractivity contribution in [1.29, 1.82) is 0 Å². The van der Waals surface area contributed by atoms with E-state index in [-0.39, 0.29) is 5.89 Å². The third-order valence-electron chi connectivity index (χ3n) is 2.70. The number of carboxylic acid groups (broad SMARTS) is 1. The summed E-state index contributed by atoms with van der Waals surface area (Å²) in [6.07, 6.45) is 0. The summed E-state index contributed by atoms with van der Waals surface area (Å²) in [4.78, 5) is 11.1. The Labute approximate surface area is 103 Å². The van der Waals surface area contributed by atoms with Gasteiger partial charge in [-0.05, 0) is 6.07 Å². The van der Waals surface area contributed by atoms with Gasteiger partial charge in [0.1, 0.15) is 0 Å². The zero-order valence-electron chi connectivity index (χ0n) is 9.37. The quantitative estimate of drug-likeness (QED) is 0.628. The molecule has 3 rings (SSSR count). The third-order valence-corrected chi connectivity index (χ3v) is 2.70. The second-order valence-corrected chi connectivity index (χ2v) is 3.83. The fourth-order valence-corrected chi connectivity index (χ4v) is 1.95. The van der Waals surface area contributed by atoms with Gasteiger partial charge in [-0.15, -0.1) is 4.57 Å². The Kier molecular flexibility index (Phi) is 2.34. The summed E-state index contributed by atoms with van der Waals surface area (Å²) in [7, 11) is 0. The van der Waals surface area contributed by atoms with E-state index in [1.165, 1.54) is 4.57 Å². The van der Waals surface area contributed by atoms with Gasteiger partial charge >= 0.3 is 5.89 Å². The molecule has 88 valence electrons. The Morgan fingerprint density at radius 2 is 1.67 bits per heavy atom. The molecule has 0 fully saturated rings. The molecule has 0 spiro atoms. The van der Waals surface area contributed by atoms with Crippen LogP contribution in [0.5, 0.6) is 0 Å². The molecule has 0 unspecified atom stereocenters. The normalized spacial score (nSPS) is 10.7. The zero-order chi connectivity index (χ0) is 12.5. The van der Waals surface area contributed by atoms with Gasteiger partial charge in [0.15, 0.2) is 5.97 Å². The van der Waals surface area contributed by atoms with Gasteiger partial charge in [0.05, 0.1) is 0 Å². The van der Waals surface area contributed by atoms with Crippen molar-refractivity contribution < 1.29 is 18.9 Å². The van der Waals surface area contributed by atoms with Crippen molar-refractivity contribution in [2.45, 2.75) is 0 Å². The van der Waals surface area contributed by atoms with Gasteiger partial charge < -0.3 is 14.3 Å². The number of carbonyl (C=O) groups is 1. The van der Waals surface area contributed by atoms with Gasteiger partial charge in [0.25, 0.3) is 5.52 Å². The highest BCUT2D eigenvalue weighted by atomic mass is 16.4. The SMILES string of the molecule is O=C([O-])c1oc2ccccc2[n+]1-c1ccccc1. The summed E-state index contributed by atoms with van der Waals surface area (Å²) < 4.78 is 6.85. The predicted octanol–water partition coefficient (Wildman–Crippen LogP) is 1.07. The Balaban J connectivity index is 2.38. The molecular weight excluding hydrogens is 230 g/mol. The van der Waals surface area contributed by atoms with Crippen molar-refractivity contribution in [2.24, 2.45) is 0 Å². The number of fused-ring (bicyclic) bond motifs is 1. The monoisotopic (exact) mass is 239 g/mol. The summed E-state index contributed by atoms with van der Waals surface area (Å²) in [5, 5.41) is 11.1. The molecule has 0 atom stereocenters. The lowest BCUT2D eigenvalue weighted by molar-refractivity contribution is -0.580. The lowest BCUT2D eigenvalue weighted by Crippen LogP contribution is -2.40. The maximum Gasteiger partial charge on any atom is 0.403 e. The highest BCUT2D eigenvalue weighted by Crippen LogP contribution is 2.15. The molecule has 0 saturated heterocycles. The van der Waals surface area contributed by atoms with Gasteiger partial charge in [-0.3, -0.25) is 0 Å². The average Bonchev–Trinajstić information content (AvgIpc) is 2.79. The molecular formula is C14H9NO3. The molecule has 0 aliphatic heterocycles. The van der Waals surface area contributed by atoms with E-state index in [0.717, 1.165) is 5.69 Å². The molecule has 4 heteroatoms. The van der Waals surface area contributed by atoms with Crippen molar-refractivity contribution in [1.82, 2.24) is 0 Å². The van der Waals surface area contributed by atoms with Gasteiger partial charge in [-0.1, -0.05) is 30.3 Å². The number of benzene rings is 2. The number of aromatic nitrogens is 1. The smallest absolute Gasteiger partial charge is 0.403 e. The average molecular weight is 239 g/mol. The first-order valence-electron chi connectivity index (χ1n) is 5.48. The number of aromatic carboxylic acids is 1. The second-order valence-electron chi connectivity index (χ2n) is 3.83. The lowest BCUT2D eigenvalue weighted by Gasteiger charge is -1.96. The van der Waals surface area contributed by atoms with Gasteiger partial charge in [-0.2, -0.15) is 0 Å². The molecule has 0 amide bonds. The number of rotatable bonds is 2. The molecule has 18 heavy (non-hydrogen) atoms. The summed E-state index contributed by atoms with van der Waals surface area (Å²) in [6, 6.07) is 16.3. The Morgan fingerprint density at radius 3 is 2.39 bits per heavy atom. The highest BCUT2D eigenvalue weighted by Gasteiger charge is 2.25. The van der Waals surface area contributed by atoms with Crippen LogP contribution < -0.4 is 9.67 Å². The number of carbonyl (C=O) groups excluding carboxylic acids is 1. The molecule has 1 aromatic heterocycles. The first kappa shape index (κ1) is 10.5. The first-order valence-corrected chi connectivity index (χ1v) is 5.48. The largest absolute Gasteiger partial charge is 0.537 e. The molecule has 0 radical (unpaired) electrons. The Morgan fingerprint density at radius 1 is 1.00 bits per heavy atom. The summed E-state index contributed by atoms with van der Waals surface area (Å²) >= 11 is 0. The maximum atomic E-state index is 11.1. The van der Waals surface area contributed by atoms with Crippen LogP contribution >= 0.6 is 0 Å². The molecule has 3 aromatic rings. The maximum absolute atomic E-state index is 11.1. The van der Waals surface area contributed by atoms with E-state index in [4.69, 9.17) is 4.42 Å². The van der Waals surface area contributed by atoms with Crippen molar-refractivity contribution in [2.75, 3.05) is 0 Å². The van der Waals surface area contributed by atoms with Crippen molar-refractivity contribution in [3.63, 3.8) is 0 Å². The predicted molar refractivity (Wildman–Crippen MR) is 62.1 cm³/mol. The number of oxazole rings is 1. The van der Waals surface area contributed by atoms with Crippen molar-refractivity contribution >= 4 is 17.1 Å². The number of para-hydroxylation sites is 3. The number of hydrogen-bond acceptors (Lipinski definition) is 3. The Hall–Kier alpha value is -2.62. The number of nitrogens with zero attached hydrogens (tertiary/aromatic N) is 1. The zero-order valence-corrected chi connectivity index (χ0v) is 9.37. The van der Waals surface area contributed by atoms with Crippen molar-refractivity contribution in [3.05, 3.63) is 60.5 Å². The molecule has 0 N–H and O–H groups in total. The third kappa shape index (κ3) is 1.55. The fraction of sp³-hybridized carbons (Fsp3) is 0. The first-order chi connectivity index (χ1) is 8.77. The fourth-order valence-electron chi connectivity index (χ4n) is 1.95. The molecule has 2 aromatic carbocycles. The molecule has 4 nitrogen and oxygen atoms in total. The van der Waals surface area contributed by atoms with E-state index in [0.29, 0.717) is 11.1 Å².